The second-order valence-electron chi connectivity index (χ2n) is 10.4. The number of ether oxygens (including phenoxy) is 1. The number of hydrogen-bond donors (Lipinski definition) is 1. The molecule has 1 aromatic heterocycles. The molecule has 1 fully saturated rings. The second kappa shape index (κ2) is 13.1. The fourth-order valence-electron chi connectivity index (χ4n) is 4.51. The van der Waals surface area contributed by atoms with Gasteiger partial charge in [0.05, 0.1) is 18.2 Å². The second-order valence-corrected chi connectivity index (χ2v) is 13.0. The number of ketones is 1. The number of aliphatic hydroxyl groups excluding tert-OH is 1. The van der Waals surface area contributed by atoms with E-state index in [4.69, 9.17) is 16.3 Å². The Balaban J connectivity index is 1.53. The molecule has 0 saturated carbocycles. The molecule has 216 valence electrons. The summed E-state index contributed by atoms with van der Waals surface area (Å²) in [5.74, 6) is -0.146. The van der Waals surface area contributed by atoms with Crippen LogP contribution in [0, 0.1) is 12.8 Å². The van der Waals surface area contributed by atoms with Crippen molar-refractivity contribution in [2.45, 2.75) is 43.3 Å². The van der Waals surface area contributed by atoms with Crippen molar-refractivity contribution in [3.63, 3.8) is 0 Å². The number of thioether (sulfide) groups is 1. The quantitative estimate of drug-likeness (QED) is 0.0635. The van der Waals surface area contributed by atoms with E-state index in [1.165, 1.54) is 28.0 Å². The van der Waals surface area contributed by atoms with Crippen LogP contribution in [0.5, 0.6) is 5.75 Å². The Kier molecular flexibility index (Phi) is 9.30. The maximum atomic E-state index is 13.6. The van der Waals surface area contributed by atoms with Crippen molar-refractivity contribution in [2.24, 2.45) is 5.92 Å². The zero-order chi connectivity index (χ0) is 29.8. The number of anilines is 1. The molecule has 1 amide bonds. The molecule has 0 bridgehead atoms. The Labute approximate surface area is 258 Å². The van der Waals surface area contributed by atoms with E-state index in [0.29, 0.717) is 44.5 Å². The first-order chi connectivity index (χ1) is 20.2. The van der Waals surface area contributed by atoms with Crippen molar-refractivity contribution in [1.29, 1.82) is 0 Å². The summed E-state index contributed by atoms with van der Waals surface area (Å²) < 4.78 is 6.61. The SMILES string of the molecule is Cc1ccc(/C(O)=C2\C(=O)C(=O)N(c3nnc(SCc4ccccc4Cl)s3)C2c2cccc(OCCC(C)C)c2)cc1. The van der Waals surface area contributed by atoms with Crippen molar-refractivity contribution in [3.8, 4) is 5.75 Å². The number of aryl methyl sites for hydroxylation is 1. The number of carbonyl (C=O) groups is 2. The molecule has 3 aromatic carbocycles. The summed E-state index contributed by atoms with van der Waals surface area (Å²) in [5, 5.41) is 20.9. The molecule has 10 heteroatoms. The number of rotatable bonds is 10. The van der Waals surface area contributed by atoms with Crippen molar-refractivity contribution >= 4 is 57.3 Å². The van der Waals surface area contributed by atoms with E-state index in [1.807, 2.05) is 61.5 Å². The summed E-state index contributed by atoms with van der Waals surface area (Å²) in [6.07, 6.45) is 0.884. The van der Waals surface area contributed by atoms with Gasteiger partial charge in [-0.05, 0) is 48.6 Å². The lowest BCUT2D eigenvalue weighted by Gasteiger charge is -2.23. The van der Waals surface area contributed by atoms with Gasteiger partial charge < -0.3 is 9.84 Å². The molecule has 2 heterocycles. The number of Topliss-reactive ketones (excluding diaryl/α,β-unsaturated/α-hetero) is 1. The highest BCUT2D eigenvalue weighted by Gasteiger charge is 2.48. The van der Waals surface area contributed by atoms with Gasteiger partial charge in [-0.25, -0.2) is 0 Å². The predicted molar refractivity (Wildman–Crippen MR) is 168 cm³/mol. The third kappa shape index (κ3) is 6.53. The van der Waals surface area contributed by atoms with Gasteiger partial charge in [-0.3, -0.25) is 14.5 Å². The molecule has 1 aliphatic rings. The molecule has 0 radical (unpaired) electrons. The average Bonchev–Trinajstić information content (AvgIpc) is 3.54. The van der Waals surface area contributed by atoms with Gasteiger partial charge in [-0.15, -0.1) is 10.2 Å². The van der Waals surface area contributed by atoms with Gasteiger partial charge in [0, 0.05) is 16.3 Å². The normalized spacial score (nSPS) is 16.4. The lowest BCUT2D eigenvalue weighted by Crippen LogP contribution is -2.29. The summed E-state index contributed by atoms with van der Waals surface area (Å²) in [6, 6.07) is 21.1. The Morgan fingerprint density at radius 2 is 1.83 bits per heavy atom. The monoisotopic (exact) mass is 619 g/mol. The first kappa shape index (κ1) is 29.8. The topological polar surface area (TPSA) is 92.6 Å². The van der Waals surface area contributed by atoms with Crippen LogP contribution in [0.25, 0.3) is 5.76 Å². The minimum absolute atomic E-state index is 0.0105. The van der Waals surface area contributed by atoms with Crippen LogP contribution in [0.2, 0.25) is 5.02 Å². The Morgan fingerprint density at radius 3 is 2.57 bits per heavy atom. The number of hydrogen-bond acceptors (Lipinski definition) is 8. The smallest absolute Gasteiger partial charge is 0.301 e. The highest BCUT2D eigenvalue weighted by atomic mass is 35.5. The summed E-state index contributed by atoms with van der Waals surface area (Å²) >= 11 is 8.96. The maximum absolute atomic E-state index is 13.6. The van der Waals surface area contributed by atoms with E-state index in [2.05, 4.69) is 24.0 Å². The van der Waals surface area contributed by atoms with Crippen LogP contribution in [-0.2, 0) is 15.3 Å². The largest absolute Gasteiger partial charge is 0.507 e. The molecular formula is C32H30ClN3O4S2. The summed E-state index contributed by atoms with van der Waals surface area (Å²) in [6.45, 7) is 6.72. The van der Waals surface area contributed by atoms with E-state index in [0.717, 1.165) is 17.5 Å². The highest BCUT2D eigenvalue weighted by molar-refractivity contribution is 8.00. The Hall–Kier alpha value is -3.66. The van der Waals surface area contributed by atoms with Crippen molar-refractivity contribution in [2.75, 3.05) is 11.5 Å². The van der Waals surface area contributed by atoms with Crippen LogP contribution >= 0.6 is 34.7 Å². The first-order valence-corrected chi connectivity index (χ1v) is 15.7. The lowest BCUT2D eigenvalue weighted by molar-refractivity contribution is -0.132. The van der Waals surface area contributed by atoms with Gasteiger partial charge in [0.25, 0.3) is 5.78 Å². The fourth-order valence-corrected chi connectivity index (χ4v) is 6.67. The summed E-state index contributed by atoms with van der Waals surface area (Å²) in [7, 11) is 0. The lowest BCUT2D eigenvalue weighted by atomic mass is 9.95. The van der Waals surface area contributed by atoms with E-state index in [-0.39, 0.29) is 16.5 Å². The predicted octanol–water partition coefficient (Wildman–Crippen LogP) is 7.84. The molecule has 1 atom stereocenters. The third-order valence-corrected chi connectivity index (χ3v) is 9.29. The number of benzene rings is 3. The van der Waals surface area contributed by atoms with E-state index < -0.39 is 17.7 Å². The fraction of sp³-hybridized carbons (Fsp3) is 0.250. The van der Waals surface area contributed by atoms with Crippen LogP contribution in [-0.4, -0.2) is 33.6 Å². The van der Waals surface area contributed by atoms with Gasteiger partial charge in [-0.2, -0.15) is 0 Å². The minimum Gasteiger partial charge on any atom is -0.507 e. The number of aromatic nitrogens is 2. The van der Waals surface area contributed by atoms with Gasteiger partial charge in [0.2, 0.25) is 5.13 Å². The van der Waals surface area contributed by atoms with Gasteiger partial charge in [0.1, 0.15) is 11.5 Å². The maximum Gasteiger partial charge on any atom is 0.301 e. The number of nitrogens with zero attached hydrogens (tertiary/aromatic N) is 3. The summed E-state index contributed by atoms with van der Waals surface area (Å²) in [4.78, 5) is 28.4. The molecule has 7 nitrogen and oxygen atoms in total. The van der Waals surface area contributed by atoms with Crippen molar-refractivity contribution in [3.05, 3.63) is 106 Å². The molecule has 1 aliphatic heterocycles. The number of aliphatic hydroxyl groups is 1. The minimum atomic E-state index is -0.922. The van der Waals surface area contributed by atoms with Gasteiger partial charge in [0.15, 0.2) is 4.34 Å². The van der Waals surface area contributed by atoms with Crippen molar-refractivity contribution < 1.29 is 19.4 Å². The van der Waals surface area contributed by atoms with E-state index in [1.54, 1.807) is 18.2 Å². The number of amides is 1. The molecular weight excluding hydrogens is 590 g/mol. The van der Waals surface area contributed by atoms with E-state index in [9.17, 15) is 14.7 Å². The highest BCUT2D eigenvalue weighted by Crippen LogP contribution is 2.44. The van der Waals surface area contributed by atoms with Crippen LogP contribution in [0.4, 0.5) is 5.13 Å². The standard InChI is InChI=1S/C32H30ClN3O4S2/c1-19(2)15-16-40-24-9-6-8-22(17-24)27-26(28(37)21-13-11-20(3)12-14-21)29(38)30(39)36(27)31-34-35-32(42-31)41-18-23-7-4-5-10-25(23)33/h4-14,17,19,27,37H,15-16,18H2,1-3H3/b28-26+. The van der Waals surface area contributed by atoms with E-state index >= 15 is 0 Å². The van der Waals surface area contributed by atoms with Gasteiger partial charge >= 0.3 is 5.91 Å². The van der Waals surface area contributed by atoms with Crippen LogP contribution in [0.15, 0.2) is 82.7 Å². The Bertz CT molecular complexity index is 1630. The molecule has 4 aromatic rings. The first-order valence-electron chi connectivity index (χ1n) is 13.5. The van der Waals surface area contributed by atoms with Crippen LogP contribution in [0.3, 0.4) is 0 Å². The number of halogens is 1. The average molecular weight is 620 g/mol. The molecule has 0 aliphatic carbocycles. The van der Waals surface area contributed by atoms with Crippen molar-refractivity contribution in [1.82, 2.24) is 10.2 Å². The van der Waals surface area contributed by atoms with Crippen LogP contribution < -0.4 is 9.64 Å². The molecule has 42 heavy (non-hydrogen) atoms. The Morgan fingerprint density at radius 1 is 1.07 bits per heavy atom. The molecule has 1 unspecified atom stereocenters. The molecule has 5 rings (SSSR count). The third-order valence-electron chi connectivity index (χ3n) is 6.82. The van der Waals surface area contributed by atoms with Crippen LogP contribution in [0.1, 0.15) is 48.6 Å². The molecule has 1 saturated heterocycles. The molecule has 0 spiro atoms. The molecule has 1 N–H and O–H groups in total. The number of carbonyl (C=O) groups excluding carboxylic acids is 2. The summed E-state index contributed by atoms with van der Waals surface area (Å²) in [5.41, 5.74) is 3.01. The van der Waals surface area contributed by atoms with Gasteiger partial charge in [-0.1, -0.05) is 109 Å². The zero-order valence-corrected chi connectivity index (χ0v) is 25.8. The zero-order valence-electron chi connectivity index (χ0n) is 23.4.